The summed E-state index contributed by atoms with van der Waals surface area (Å²) in [6.07, 6.45) is 1.25. The highest BCUT2D eigenvalue weighted by molar-refractivity contribution is 5.26. The van der Waals surface area contributed by atoms with Crippen molar-refractivity contribution < 1.29 is 8.78 Å². The minimum atomic E-state index is -2.39. The number of rotatable bonds is 4. The van der Waals surface area contributed by atoms with E-state index in [-0.39, 0.29) is 5.56 Å². The molecule has 1 aliphatic rings. The molecule has 4 heteroatoms. The van der Waals surface area contributed by atoms with Crippen LogP contribution >= 0.6 is 0 Å². The van der Waals surface area contributed by atoms with Crippen LogP contribution in [0.2, 0.25) is 0 Å². The largest absolute Gasteiger partial charge is 0.319 e. The lowest BCUT2D eigenvalue weighted by atomic mass is 9.89. The Hall–Kier alpha value is -1.00. The van der Waals surface area contributed by atoms with E-state index in [1.54, 1.807) is 12.1 Å². The Bertz CT molecular complexity index is 405. The molecule has 2 nitrogen and oxygen atoms in total. The second kappa shape index (κ2) is 7.14. The van der Waals surface area contributed by atoms with Crippen molar-refractivity contribution in [3.8, 4) is 0 Å². The maximum Gasteiger partial charge on any atom is 0.263 e. The average molecular weight is 282 g/mol. The Kier molecular flexibility index (Phi) is 5.49. The Morgan fingerprint density at radius 2 is 1.95 bits per heavy atom. The maximum atomic E-state index is 12.7. The summed E-state index contributed by atoms with van der Waals surface area (Å²) >= 11 is 0. The van der Waals surface area contributed by atoms with Gasteiger partial charge in [0, 0.05) is 11.6 Å². The van der Waals surface area contributed by atoms with Gasteiger partial charge in [-0.2, -0.15) is 0 Å². The SMILES string of the molecule is CNCC1CCCCN(C)C1c1ccc(C(F)F)cc1. The van der Waals surface area contributed by atoms with Crippen LogP contribution in [0.4, 0.5) is 8.78 Å². The highest BCUT2D eigenvalue weighted by Gasteiger charge is 2.28. The van der Waals surface area contributed by atoms with Gasteiger partial charge >= 0.3 is 0 Å². The smallest absolute Gasteiger partial charge is 0.263 e. The van der Waals surface area contributed by atoms with Crippen molar-refractivity contribution >= 4 is 0 Å². The first-order valence-corrected chi connectivity index (χ1v) is 7.36. The van der Waals surface area contributed by atoms with Crippen LogP contribution < -0.4 is 5.32 Å². The van der Waals surface area contributed by atoms with E-state index in [1.807, 2.05) is 19.2 Å². The molecule has 0 amide bonds. The zero-order valence-electron chi connectivity index (χ0n) is 12.3. The second-order valence-corrected chi connectivity index (χ2v) is 5.71. The number of alkyl halides is 2. The molecule has 0 spiro atoms. The Morgan fingerprint density at radius 1 is 1.25 bits per heavy atom. The fourth-order valence-corrected chi connectivity index (χ4v) is 3.27. The molecule has 0 aliphatic carbocycles. The van der Waals surface area contributed by atoms with Crippen LogP contribution in [0.3, 0.4) is 0 Å². The van der Waals surface area contributed by atoms with Gasteiger partial charge in [-0.05, 0) is 51.5 Å². The van der Waals surface area contributed by atoms with Crippen LogP contribution in [0, 0.1) is 5.92 Å². The van der Waals surface area contributed by atoms with Crippen LogP contribution in [0.15, 0.2) is 24.3 Å². The Morgan fingerprint density at radius 3 is 2.55 bits per heavy atom. The summed E-state index contributed by atoms with van der Waals surface area (Å²) in [7, 11) is 4.11. The monoisotopic (exact) mass is 282 g/mol. The van der Waals surface area contributed by atoms with Gasteiger partial charge in [0.05, 0.1) is 0 Å². The number of likely N-dealkylation sites (tertiary alicyclic amines) is 1. The zero-order chi connectivity index (χ0) is 14.5. The molecule has 1 saturated heterocycles. The van der Waals surface area contributed by atoms with E-state index in [1.165, 1.54) is 19.3 Å². The molecule has 20 heavy (non-hydrogen) atoms. The molecule has 0 saturated carbocycles. The fraction of sp³-hybridized carbons (Fsp3) is 0.625. The van der Waals surface area contributed by atoms with Gasteiger partial charge in [0.2, 0.25) is 0 Å². The minimum absolute atomic E-state index is 0.107. The molecule has 2 rings (SSSR count). The molecule has 0 bridgehead atoms. The van der Waals surface area contributed by atoms with E-state index >= 15 is 0 Å². The second-order valence-electron chi connectivity index (χ2n) is 5.71. The lowest BCUT2D eigenvalue weighted by molar-refractivity contribution is 0.151. The van der Waals surface area contributed by atoms with Gasteiger partial charge in [-0.1, -0.05) is 30.7 Å². The van der Waals surface area contributed by atoms with Gasteiger partial charge in [-0.3, -0.25) is 4.90 Å². The Balaban J connectivity index is 2.24. The van der Waals surface area contributed by atoms with Crippen molar-refractivity contribution in [2.45, 2.75) is 31.7 Å². The zero-order valence-corrected chi connectivity index (χ0v) is 12.3. The van der Waals surface area contributed by atoms with E-state index in [0.717, 1.165) is 18.7 Å². The van der Waals surface area contributed by atoms with E-state index in [4.69, 9.17) is 0 Å². The lowest BCUT2D eigenvalue weighted by Crippen LogP contribution is -2.33. The van der Waals surface area contributed by atoms with Crippen molar-refractivity contribution in [1.29, 1.82) is 0 Å². The van der Waals surface area contributed by atoms with Crippen LogP contribution in [0.25, 0.3) is 0 Å². The number of halogens is 2. The summed E-state index contributed by atoms with van der Waals surface area (Å²) in [6.45, 7) is 2.03. The summed E-state index contributed by atoms with van der Waals surface area (Å²) in [5.74, 6) is 0.532. The van der Waals surface area contributed by atoms with Gasteiger partial charge in [0.25, 0.3) is 6.43 Å². The van der Waals surface area contributed by atoms with Gasteiger partial charge in [-0.25, -0.2) is 8.78 Å². The predicted molar refractivity (Wildman–Crippen MR) is 78.0 cm³/mol. The quantitative estimate of drug-likeness (QED) is 0.907. The third kappa shape index (κ3) is 3.55. The topological polar surface area (TPSA) is 15.3 Å². The molecule has 0 radical (unpaired) electrons. The number of nitrogens with one attached hydrogen (secondary N) is 1. The van der Waals surface area contributed by atoms with Crippen LogP contribution in [0.1, 0.15) is 42.9 Å². The Labute approximate surface area is 120 Å². The first kappa shape index (κ1) is 15.4. The molecule has 1 heterocycles. The molecule has 2 atom stereocenters. The molecule has 0 aromatic heterocycles. The van der Waals surface area contributed by atoms with E-state index < -0.39 is 6.43 Å². The van der Waals surface area contributed by atoms with Crippen LogP contribution in [-0.2, 0) is 0 Å². The lowest BCUT2D eigenvalue weighted by Gasteiger charge is -2.33. The van der Waals surface area contributed by atoms with E-state index in [9.17, 15) is 8.78 Å². The van der Waals surface area contributed by atoms with Crippen molar-refractivity contribution in [1.82, 2.24) is 10.2 Å². The molecule has 112 valence electrons. The summed E-state index contributed by atoms with van der Waals surface area (Å²) in [5, 5.41) is 3.27. The van der Waals surface area contributed by atoms with E-state index in [2.05, 4.69) is 17.3 Å². The summed E-state index contributed by atoms with van der Waals surface area (Å²) in [4.78, 5) is 2.37. The van der Waals surface area contributed by atoms with Crippen molar-refractivity contribution in [2.24, 2.45) is 5.92 Å². The summed E-state index contributed by atoms with van der Waals surface area (Å²) in [5.41, 5.74) is 1.26. The summed E-state index contributed by atoms with van der Waals surface area (Å²) in [6, 6.07) is 7.19. The van der Waals surface area contributed by atoms with Crippen molar-refractivity contribution in [3.05, 3.63) is 35.4 Å². The summed E-state index contributed by atoms with van der Waals surface area (Å²) < 4.78 is 25.3. The number of benzene rings is 1. The molecular formula is C16H24F2N2. The van der Waals surface area contributed by atoms with Gasteiger partial charge in [0.15, 0.2) is 0 Å². The normalized spacial score (nSPS) is 24.9. The van der Waals surface area contributed by atoms with Gasteiger partial charge in [0.1, 0.15) is 0 Å². The third-order valence-corrected chi connectivity index (χ3v) is 4.25. The predicted octanol–water partition coefficient (Wildman–Crippen LogP) is 3.62. The molecule has 1 N–H and O–H groups in total. The molecule has 1 aromatic carbocycles. The van der Waals surface area contributed by atoms with E-state index in [0.29, 0.717) is 12.0 Å². The van der Waals surface area contributed by atoms with Crippen molar-refractivity contribution in [3.63, 3.8) is 0 Å². The molecule has 1 aromatic rings. The first-order chi connectivity index (χ1) is 9.63. The van der Waals surface area contributed by atoms with Gasteiger partial charge < -0.3 is 5.32 Å². The standard InChI is InChI=1S/C16H24F2N2/c1-19-11-14-5-3-4-10-20(2)15(14)12-6-8-13(9-7-12)16(17)18/h6-9,14-16,19H,3-5,10-11H2,1-2H3. The molecule has 1 aliphatic heterocycles. The van der Waals surface area contributed by atoms with Gasteiger partial charge in [-0.15, -0.1) is 0 Å². The number of hydrogen-bond acceptors (Lipinski definition) is 2. The fourth-order valence-electron chi connectivity index (χ4n) is 3.27. The molecule has 1 fully saturated rings. The van der Waals surface area contributed by atoms with Crippen molar-refractivity contribution in [2.75, 3.05) is 27.2 Å². The molecular weight excluding hydrogens is 258 g/mol. The first-order valence-electron chi connectivity index (χ1n) is 7.36. The number of nitrogens with zero attached hydrogens (tertiary/aromatic N) is 1. The number of hydrogen-bond donors (Lipinski definition) is 1. The van der Waals surface area contributed by atoms with Crippen LogP contribution in [0.5, 0.6) is 0 Å². The van der Waals surface area contributed by atoms with Crippen LogP contribution in [-0.4, -0.2) is 32.1 Å². The highest BCUT2D eigenvalue weighted by Crippen LogP contribution is 2.34. The average Bonchev–Trinajstić information content (AvgIpc) is 2.61. The third-order valence-electron chi connectivity index (χ3n) is 4.25. The maximum absolute atomic E-state index is 12.7. The minimum Gasteiger partial charge on any atom is -0.319 e. The molecule has 2 unspecified atom stereocenters. The highest BCUT2D eigenvalue weighted by atomic mass is 19.3.